The van der Waals surface area contributed by atoms with Gasteiger partial charge >= 0.3 is 0 Å². The number of imidazole rings is 1. The molecule has 0 aliphatic heterocycles. The molecule has 7 heteroatoms. The molecule has 2 rings (SSSR count). The number of nitrogens with one attached hydrogen (secondary N) is 1. The Kier molecular flexibility index (Phi) is 3.86. The Hall–Kier alpha value is -1.15. The summed E-state index contributed by atoms with van der Waals surface area (Å²) >= 11 is 7.53. The number of carbonyl (C=O) groups excluding carboxylic acids is 1. The zero-order valence-electron chi connectivity index (χ0n) is 9.25. The summed E-state index contributed by atoms with van der Waals surface area (Å²) in [5.74, 6) is -0.921. The van der Waals surface area contributed by atoms with Crippen molar-refractivity contribution >= 4 is 45.8 Å². The lowest BCUT2D eigenvalue weighted by Gasteiger charge is -2.06. The molecule has 0 bridgehead atoms. The third-order valence-corrected chi connectivity index (χ3v) is 3.38. The molecule has 0 spiro atoms. The van der Waals surface area contributed by atoms with E-state index < -0.39 is 5.82 Å². The van der Waals surface area contributed by atoms with Crippen LogP contribution in [0.2, 0.25) is 5.02 Å². The number of halogens is 3. The maximum atomic E-state index is 13.2. The summed E-state index contributed by atoms with van der Waals surface area (Å²) in [6, 6.07) is 4.09. The number of amides is 1. The summed E-state index contributed by atoms with van der Waals surface area (Å²) in [6.45, 7) is 0. The van der Waals surface area contributed by atoms with Crippen LogP contribution in [-0.4, -0.2) is 15.5 Å². The Morgan fingerprint density at radius 1 is 1.56 bits per heavy atom. The molecule has 1 heterocycles. The van der Waals surface area contributed by atoms with Gasteiger partial charge in [-0.05, 0) is 40.8 Å². The highest BCUT2D eigenvalue weighted by Crippen LogP contribution is 2.19. The number of rotatable bonds is 2. The van der Waals surface area contributed by atoms with Gasteiger partial charge in [-0.1, -0.05) is 11.6 Å². The first-order chi connectivity index (χ1) is 8.49. The fourth-order valence-corrected chi connectivity index (χ4v) is 2.29. The zero-order valence-corrected chi connectivity index (χ0v) is 12.2. The van der Waals surface area contributed by atoms with Crippen LogP contribution in [-0.2, 0) is 7.05 Å². The Labute approximate surface area is 121 Å². The fourth-order valence-electron chi connectivity index (χ4n) is 1.42. The molecule has 0 atom stereocenters. The van der Waals surface area contributed by atoms with E-state index in [4.69, 9.17) is 11.6 Å². The van der Waals surface area contributed by atoms with E-state index >= 15 is 0 Å². The molecule has 0 fully saturated rings. The highest BCUT2D eigenvalue weighted by molar-refractivity contribution is 14.1. The summed E-state index contributed by atoms with van der Waals surface area (Å²) in [5.41, 5.74) is 0.768. The van der Waals surface area contributed by atoms with Crippen molar-refractivity contribution < 1.29 is 9.18 Å². The van der Waals surface area contributed by atoms with Crippen LogP contribution in [0, 0.1) is 9.52 Å². The van der Waals surface area contributed by atoms with Gasteiger partial charge in [-0.3, -0.25) is 4.79 Å². The van der Waals surface area contributed by atoms with Gasteiger partial charge in [-0.15, -0.1) is 0 Å². The molecular weight excluding hydrogens is 371 g/mol. The molecule has 0 saturated carbocycles. The number of aryl methyl sites for hydroxylation is 1. The summed E-state index contributed by atoms with van der Waals surface area (Å²) < 4.78 is 15.4. The number of hydrogen-bond donors (Lipinski definition) is 1. The number of benzene rings is 1. The van der Waals surface area contributed by atoms with E-state index in [0.717, 1.165) is 0 Å². The molecule has 0 unspecified atom stereocenters. The average molecular weight is 380 g/mol. The van der Waals surface area contributed by atoms with Crippen molar-refractivity contribution in [2.24, 2.45) is 7.05 Å². The van der Waals surface area contributed by atoms with E-state index in [9.17, 15) is 9.18 Å². The molecule has 1 aromatic heterocycles. The predicted molar refractivity (Wildman–Crippen MR) is 75.3 cm³/mol. The largest absolute Gasteiger partial charge is 0.329 e. The molecule has 2 aromatic rings. The second-order valence-electron chi connectivity index (χ2n) is 3.58. The van der Waals surface area contributed by atoms with Crippen LogP contribution < -0.4 is 5.32 Å². The summed E-state index contributed by atoms with van der Waals surface area (Å²) in [5, 5.41) is 2.61. The van der Waals surface area contributed by atoms with Crippen molar-refractivity contribution in [2.45, 2.75) is 0 Å². The van der Waals surface area contributed by atoms with E-state index in [1.54, 1.807) is 17.9 Å². The van der Waals surface area contributed by atoms with Crippen LogP contribution in [0.5, 0.6) is 0 Å². The molecule has 0 aliphatic rings. The van der Waals surface area contributed by atoms with Gasteiger partial charge in [-0.2, -0.15) is 0 Å². The van der Waals surface area contributed by atoms with Crippen LogP contribution in [0.4, 0.5) is 10.1 Å². The number of hydrogen-bond acceptors (Lipinski definition) is 2. The Balaban J connectivity index is 2.24. The zero-order chi connectivity index (χ0) is 13.3. The van der Waals surface area contributed by atoms with Crippen LogP contribution in [0.1, 0.15) is 10.5 Å². The molecule has 18 heavy (non-hydrogen) atoms. The van der Waals surface area contributed by atoms with Gasteiger partial charge in [0, 0.05) is 12.7 Å². The van der Waals surface area contributed by atoms with Gasteiger partial charge in [0.15, 0.2) is 0 Å². The second-order valence-corrected chi connectivity index (χ2v) is 5.01. The molecule has 1 aromatic carbocycles. The first-order valence-corrected chi connectivity index (χ1v) is 6.38. The van der Waals surface area contributed by atoms with Gasteiger partial charge < -0.3 is 9.88 Å². The first-order valence-electron chi connectivity index (χ1n) is 4.92. The monoisotopic (exact) mass is 379 g/mol. The lowest BCUT2D eigenvalue weighted by molar-refractivity contribution is 0.101. The van der Waals surface area contributed by atoms with Crippen LogP contribution in [0.25, 0.3) is 0 Å². The lowest BCUT2D eigenvalue weighted by atomic mass is 10.3. The van der Waals surface area contributed by atoms with Crippen LogP contribution in [0.3, 0.4) is 0 Å². The third kappa shape index (κ3) is 2.64. The van der Waals surface area contributed by atoms with Gasteiger partial charge in [-0.25, -0.2) is 9.37 Å². The number of anilines is 1. The van der Waals surface area contributed by atoms with Crippen molar-refractivity contribution in [3.63, 3.8) is 0 Å². The molecule has 94 valence electrons. The Bertz CT molecular complexity index is 595. The van der Waals surface area contributed by atoms with Crippen LogP contribution in [0.15, 0.2) is 24.5 Å². The van der Waals surface area contributed by atoms with Gasteiger partial charge in [0.1, 0.15) is 15.2 Å². The quantitative estimate of drug-likeness (QED) is 0.815. The smallest absolute Gasteiger partial charge is 0.275 e. The van der Waals surface area contributed by atoms with E-state index in [0.29, 0.717) is 15.1 Å². The van der Waals surface area contributed by atoms with Gasteiger partial charge in [0.2, 0.25) is 0 Å². The Morgan fingerprint density at radius 3 is 2.83 bits per heavy atom. The minimum Gasteiger partial charge on any atom is -0.329 e. The fraction of sp³-hybridized carbons (Fsp3) is 0.0909. The van der Waals surface area contributed by atoms with Crippen molar-refractivity contribution in [3.05, 3.63) is 44.8 Å². The van der Waals surface area contributed by atoms with Gasteiger partial charge in [0.25, 0.3) is 5.91 Å². The maximum Gasteiger partial charge on any atom is 0.275 e. The van der Waals surface area contributed by atoms with Crippen molar-refractivity contribution in [1.29, 1.82) is 0 Å². The topological polar surface area (TPSA) is 46.9 Å². The SMILES string of the molecule is Cn1cnc(I)c1C(=O)Nc1ccc(Cl)c(F)c1. The molecule has 0 aliphatic carbocycles. The molecule has 0 radical (unpaired) electrons. The molecule has 4 nitrogen and oxygen atoms in total. The molecular formula is C11H8ClFIN3O. The minimum atomic E-state index is -0.575. The van der Waals surface area contributed by atoms with E-state index in [2.05, 4.69) is 10.3 Å². The maximum absolute atomic E-state index is 13.2. The number of carbonyl (C=O) groups is 1. The van der Waals surface area contributed by atoms with Gasteiger partial charge in [0.05, 0.1) is 11.3 Å². The number of aromatic nitrogens is 2. The lowest BCUT2D eigenvalue weighted by Crippen LogP contribution is -2.16. The Morgan fingerprint density at radius 2 is 2.28 bits per heavy atom. The normalized spacial score (nSPS) is 10.4. The van der Waals surface area contributed by atoms with Crippen molar-refractivity contribution in [1.82, 2.24) is 9.55 Å². The first kappa shape index (κ1) is 13.3. The van der Waals surface area contributed by atoms with E-state index in [1.807, 2.05) is 22.6 Å². The summed E-state index contributed by atoms with van der Waals surface area (Å²) in [6.07, 6.45) is 1.54. The summed E-state index contributed by atoms with van der Waals surface area (Å²) in [7, 11) is 1.71. The average Bonchev–Trinajstić information content (AvgIpc) is 2.64. The standard InChI is InChI=1S/C11H8ClFIN3O/c1-17-5-15-10(14)9(17)11(18)16-6-2-3-7(12)8(13)4-6/h2-5H,1H3,(H,16,18). The van der Waals surface area contributed by atoms with E-state index in [1.165, 1.54) is 18.2 Å². The molecule has 0 saturated heterocycles. The highest BCUT2D eigenvalue weighted by atomic mass is 127. The molecule has 1 amide bonds. The summed E-state index contributed by atoms with van der Waals surface area (Å²) in [4.78, 5) is 16.0. The van der Waals surface area contributed by atoms with E-state index in [-0.39, 0.29) is 10.9 Å². The predicted octanol–water partition coefficient (Wildman–Crippen LogP) is 3.07. The highest BCUT2D eigenvalue weighted by Gasteiger charge is 2.15. The third-order valence-electron chi connectivity index (χ3n) is 2.28. The second kappa shape index (κ2) is 5.23. The molecule has 1 N–H and O–H groups in total. The van der Waals surface area contributed by atoms with Crippen molar-refractivity contribution in [2.75, 3.05) is 5.32 Å². The van der Waals surface area contributed by atoms with Crippen molar-refractivity contribution in [3.8, 4) is 0 Å². The number of nitrogens with zero attached hydrogens (tertiary/aromatic N) is 2. The minimum absolute atomic E-state index is 0.0168. The van der Waals surface area contributed by atoms with Crippen LogP contribution >= 0.6 is 34.2 Å².